The summed E-state index contributed by atoms with van der Waals surface area (Å²) in [6, 6.07) is 8.51. The first kappa shape index (κ1) is 15.8. The van der Waals surface area contributed by atoms with Crippen LogP contribution >= 0.6 is 43.5 Å². The number of aryl methyl sites for hydroxylation is 1. The highest BCUT2D eigenvalue weighted by Gasteiger charge is 2.13. The first-order chi connectivity index (χ1) is 9.38. The molecule has 0 aliphatic rings. The van der Waals surface area contributed by atoms with Gasteiger partial charge in [-0.2, -0.15) is 0 Å². The molecule has 20 heavy (non-hydrogen) atoms. The second-order valence-electron chi connectivity index (χ2n) is 4.61. The van der Waals surface area contributed by atoms with Gasteiger partial charge < -0.3 is 5.32 Å². The molecule has 0 heterocycles. The molecule has 1 nitrogen and oxygen atoms in total. The average Bonchev–Trinajstić information content (AvgIpc) is 2.38. The molecule has 2 aromatic carbocycles. The van der Waals surface area contributed by atoms with Crippen molar-refractivity contribution in [3.8, 4) is 0 Å². The molecule has 0 spiro atoms. The van der Waals surface area contributed by atoms with Crippen LogP contribution in [0.2, 0.25) is 5.02 Å². The van der Waals surface area contributed by atoms with Gasteiger partial charge >= 0.3 is 0 Å². The lowest BCUT2D eigenvalue weighted by atomic mass is 10.1. The summed E-state index contributed by atoms with van der Waals surface area (Å²) in [7, 11) is 0. The molecule has 0 saturated heterocycles. The lowest BCUT2D eigenvalue weighted by Gasteiger charge is -2.18. The van der Waals surface area contributed by atoms with Crippen LogP contribution in [0, 0.1) is 12.7 Å². The van der Waals surface area contributed by atoms with Gasteiger partial charge in [-0.15, -0.1) is 0 Å². The fourth-order valence-corrected chi connectivity index (χ4v) is 3.03. The second kappa shape index (κ2) is 6.46. The van der Waals surface area contributed by atoms with E-state index in [4.69, 9.17) is 11.6 Å². The summed E-state index contributed by atoms with van der Waals surface area (Å²) in [5, 5.41) is 3.95. The highest BCUT2D eigenvalue weighted by atomic mass is 79.9. The van der Waals surface area contributed by atoms with Gasteiger partial charge in [0.1, 0.15) is 5.82 Å². The molecule has 0 amide bonds. The van der Waals surface area contributed by atoms with Crippen LogP contribution in [0.1, 0.15) is 24.1 Å². The van der Waals surface area contributed by atoms with E-state index in [1.807, 2.05) is 26.0 Å². The molecule has 1 N–H and O–H groups in total. The molecule has 2 rings (SSSR count). The number of anilines is 1. The average molecular weight is 422 g/mol. The summed E-state index contributed by atoms with van der Waals surface area (Å²) in [6.45, 7) is 3.85. The minimum Gasteiger partial charge on any atom is -0.377 e. The second-order valence-corrected chi connectivity index (χ2v) is 6.79. The Hall–Kier alpha value is -0.580. The highest BCUT2D eigenvalue weighted by Crippen LogP contribution is 2.32. The summed E-state index contributed by atoms with van der Waals surface area (Å²) in [5.74, 6) is -0.234. The maximum Gasteiger partial charge on any atom is 0.128 e. The third kappa shape index (κ3) is 3.54. The number of halogens is 4. The van der Waals surface area contributed by atoms with Gasteiger partial charge in [-0.25, -0.2) is 4.39 Å². The zero-order chi connectivity index (χ0) is 14.9. The van der Waals surface area contributed by atoms with Gasteiger partial charge in [-0.05, 0) is 65.7 Å². The van der Waals surface area contributed by atoms with Crippen LogP contribution in [0.5, 0.6) is 0 Å². The van der Waals surface area contributed by atoms with E-state index in [1.54, 1.807) is 12.1 Å². The molecule has 0 bridgehead atoms. The van der Waals surface area contributed by atoms with Crippen molar-refractivity contribution in [1.82, 2.24) is 0 Å². The smallest absolute Gasteiger partial charge is 0.128 e. The lowest BCUT2D eigenvalue weighted by Crippen LogP contribution is -2.09. The van der Waals surface area contributed by atoms with E-state index in [0.717, 1.165) is 20.2 Å². The van der Waals surface area contributed by atoms with Crippen molar-refractivity contribution >= 4 is 49.1 Å². The summed E-state index contributed by atoms with van der Waals surface area (Å²) < 4.78 is 15.6. The van der Waals surface area contributed by atoms with Crippen molar-refractivity contribution in [3.63, 3.8) is 0 Å². The molecule has 0 aliphatic heterocycles. The molecule has 1 atom stereocenters. The summed E-state index contributed by atoms with van der Waals surface area (Å²) in [4.78, 5) is 0. The van der Waals surface area contributed by atoms with E-state index in [1.165, 1.54) is 6.07 Å². The van der Waals surface area contributed by atoms with Gasteiger partial charge in [0.2, 0.25) is 0 Å². The molecular formula is C15H13Br2ClFN. The summed E-state index contributed by atoms with van der Waals surface area (Å²) in [6.07, 6.45) is 0. The topological polar surface area (TPSA) is 12.0 Å². The van der Waals surface area contributed by atoms with Crippen LogP contribution in [-0.2, 0) is 0 Å². The lowest BCUT2D eigenvalue weighted by molar-refractivity contribution is 0.600. The van der Waals surface area contributed by atoms with E-state index in [-0.39, 0.29) is 11.9 Å². The molecule has 1 unspecified atom stereocenters. The van der Waals surface area contributed by atoms with E-state index in [0.29, 0.717) is 10.6 Å². The predicted octanol–water partition coefficient (Wildman–Crippen LogP) is 6.49. The molecule has 0 saturated carbocycles. The van der Waals surface area contributed by atoms with Crippen molar-refractivity contribution in [2.45, 2.75) is 19.9 Å². The Balaban J connectivity index is 2.30. The maximum atomic E-state index is 13.9. The molecule has 0 aromatic heterocycles. The van der Waals surface area contributed by atoms with E-state index in [9.17, 15) is 4.39 Å². The minimum absolute atomic E-state index is 0.178. The van der Waals surface area contributed by atoms with Gasteiger partial charge in [-0.3, -0.25) is 0 Å². The summed E-state index contributed by atoms with van der Waals surface area (Å²) in [5.41, 5.74) is 2.43. The van der Waals surface area contributed by atoms with Gasteiger partial charge in [0.15, 0.2) is 0 Å². The third-order valence-electron chi connectivity index (χ3n) is 3.04. The van der Waals surface area contributed by atoms with E-state index in [2.05, 4.69) is 37.2 Å². The number of hydrogen-bond donors (Lipinski definition) is 1. The minimum atomic E-state index is -0.234. The van der Waals surface area contributed by atoms with Gasteiger partial charge in [-0.1, -0.05) is 27.5 Å². The molecule has 106 valence electrons. The standard InChI is InChI=1S/C15H13Br2ClFN/c1-8-5-12(17)15(7-13(8)18)20-9(2)11-6-10(16)3-4-14(11)19/h3-7,9,20H,1-2H3. The first-order valence-corrected chi connectivity index (χ1v) is 8.02. The van der Waals surface area contributed by atoms with Crippen molar-refractivity contribution < 1.29 is 4.39 Å². The molecule has 0 fully saturated rings. The Morgan fingerprint density at radius 2 is 1.90 bits per heavy atom. The molecule has 5 heteroatoms. The Kier molecular flexibility index (Phi) is 5.10. The number of nitrogens with one attached hydrogen (secondary N) is 1. The van der Waals surface area contributed by atoms with Crippen molar-refractivity contribution in [2.75, 3.05) is 5.32 Å². The Labute approximate surface area is 139 Å². The van der Waals surface area contributed by atoms with Crippen molar-refractivity contribution in [2.24, 2.45) is 0 Å². The van der Waals surface area contributed by atoms with Crippen LogP contribution in [0.25, 0.3) is 0 Å². The Morgan fingerprint density at radius 3 is 2.60 bits per heavy atom. The molecule has 2 aromatic rings. The first-order valence-electron chi connectivity index (χ1n) is 6.05. The van der Waals surface area contributed by atoms with Crippen molar-refractivity contribution in [1.29, 1.82) is 0 Å². The maximum absolute atomic E-state index is 13.9. The van der Waals surface area contributed by atoms with E-state index < -0.39 is 0 Å². The SMILES string of the molecule is Cc1cc(Br)c(NC(C)c2cc(Br)ccc2F)cc1Cl. The van der Waals surface area contributed by atoms with Crippen LogP contribution in [0.15, 0.2) is 39.3 Å². The monoisotopic (exact) mass is 419 g/mol. The number of hydrogen-bond acceptors (Lipinski definition) is 1. The quantitative estimate of drug-likeness (QED) is 0.598. The van der Waals surface area contributed by atoms with Gasteiger partial charge in [0.25, 0.3) is 0 Å². The van der Waals surface area contributed by atoms with Crippen LogP contribution in [-0.4, -0.2) is 0 Å². The molecule has 0 aliphatic carbocycles. The third-order valence-corrected chi connectivity index (χ3v) is 4.60. The molecular weight excluding hydrogens is 408 g/mol. The largest absolute Gasteiger partial charge is 0.377 e. The summed E-state index contributed by atoms with van der Waals surface area (Å²) >= 11 is 13.0. The van der Waals surface area contributed by atoms with Crippen molar-refractivity contribution in [3.05, 3.63) is 61.2 Å². The normalized spacial score (nSPS) is 12.3. The fourth-order valence-electron chi connectivity index (χ4n) is 1.91. The predicted molar refractivity (Wildman–Crippen MR) is 90.0 cm³/mol. The zero-order valence-corrected chi connectivity index (χ0v) is 14.9. The number of benzene rings is 2. The van der Waals surface area contributed by atoms with Crippen LogP contribution < -0.4 is 5.32 Å². The van der Waals surface area contributed by atoms with Crippen LogP contribution in [0.4, 0.5) is 10.1 Å². The fraction of sp³-hybridized carbons (Fsp3) is 0.200. The Bertz CT molecular complexity index is 646. The van der Waals surface area contributed by atoms with Gasteiger partial charge in [0, 0.05) is 19.5 Å². The van der Waals surface area contributed by atoms with E-state index >= 15 is 0 Å². The Morgan fingerprint density at radius 1 is 1.20 bits per heavy atom. The van der Waals surface area contributed by atoms with Gasteiger partial charge in [0.05, 0.1) is 11.7 Å². The van der Waals surface area contributed by atoms with Crippen LogP contribution in [0.3, 0.4) is 0 Å². The molecule has 0 radical (unpaired) electrons. The highest BCUT2D eigenvalue weighted by molar-refractivity contribution is 9.10. The zero-order valence-electron chi connectivity index (χ0n) is 11.0. The number of rotatable bonds is 3.